The highest BCUT2D eigenvalue weighted by Gasteiger charge is 2.62. The highest BCUT2D eigenvalue weighted by atomic mass is 16.5. The number of nitrogens with one attached hydrogen (secondary N) is 1. The van der Waals surface area contributed by atoms with Crippen LogP contribution in [0.3, 0.4) is 0 Å². The summed E-state index contributed by atoms with van der Waals surface area (Å²) in [4.78, 5) is 13.2. The molecule has 1 spiro atoms. The van der Waals surface area contributed by atoms with Crippen LogP contribution in [-0.4, -0.2) is 41.3 Å². The van der Waals surface area contributed by atoms with Gasteiger partial charge in [-0.3, -0.25) is 4.79 Å². The highest BCUT2D eigenvalue weighted by Crippen LogP contribution is 2.65. The van der Waals surface area contributed by atoms with E-state index in [-0.39, 0.29) is 23.0 Å². The van der Waals surface area contributed by atoms with Gasteiger partial charge in [-0.25, -0.2) is 0 Å². The molecule has 2 saturated heterocycles. The molecule has 2 heterocycles. The Balaban J connectivity index is 1.35. The van der Waals surface area contributed by atoms with E-state index in [2.05, 4.69) is 33.0 Å². The van der Waals surface area contributed by atoms with Gasteiger partial charge in [-0.2, -0.15) is 0 Å². The Kier molecular flexibility index (Phi) is 4.64. The second kappa shape index (κ2) is 6.90. The predicted octanol–water partition coefficient (Wildman–Crippen LogP) is 4.26. The van der Waals surface area contributed by atoms with Gasteiger partial charge >= 0.3 is 0 Å². The SMILES string of the molecule is CC1=C2C[C@H]3[C@@H](CC(=O)[C@@H]4C[C@@H](O)CC[C@@]43C)[C@@H]2CC[C@]12O[C@H]1C[C@H](C)CN[C@H]1[C@H]2C. The predicted molar refractivity (Wildman–Crippen MR) is 120 cm³/mol. The van der Waals surface area contributed by atoms with E-state index in [1.54, 1.807) is 5.57 Å². The maximum Gasteiger partial charge on any atom is 0.136 e. The van der Waals surface area contributed by atoms with Crippen molar-refractivity contribution in [1.82, 2.24) is 5.32 Å². The molecule has 5 fully saturated rings. The second-order valence-electron chi connectivity index (χ2n) is 12.5. The quantitative estimate of drug-likeness (QED) is 0.567. The molecule has 4 aliphatic carbocycles. The molecule has 0 bridgehead atoms. The lowest BCUT2D eigenvalue weighted by Gasteiger charge is -2.52. The van der Waals surface area contributed by atoms with Crippen molar-refractivity contribution in [3.63, 3.8) is 0 Å². The normalized spacial score (nSPS) is 56.3. The smallest absolute Gasteiger partial charge is 0.136 e. The number of allylic oxidation sites excluding steroid dienone is 1. The summed E-state index contributed by atoms with van der Waals surface area (Å²) in [6.45, 7) is 10.6. The maximum atomic E-state index is 13.2. The summed E-state index contributed by atoms with van der Waals surface area (Å²) >= 11 is 0. The number of ketones is 1. The average Bonchev–Trinajstić information content (AvgIpc) is 3.23. The van der Waals surface area contributed by atoms with E-state index >= 15 is 0 Å². The fraction of sp³-hybridized carbons (Fsp3) is 0.889. The van der Waals surface area contributed by atoms with Gasteiger partial charge in [-0.05, 0) is 93.1 Å². The Bertz CT molecular complexity index is 821. The zero-order valence-corrected chi connectivity index (χ0v) is 19.8. The Labute approximate surface area is 187 Å². The Hall–Kier alpha value is -0.710. The fourth-order valence-electron chi connectivity index (χ4n) is 9.46. The van der Waals surface area contributed by atoms with Crippen molar-refractivity contribution in [2.75, 3.05) is 6.54 Å². The van der Waals surface area contributed by atoms with Crippen LogP contribution in [-0.2, 0) is 9.53 Å². The summed E-state index contributed by atoms with van der Waals surface area (Å²) in [5.74, 6) is 3.41. The molecular weight excluding hydrogens is 386 g/mol. The number of hydrogen-bond acceptors (Lipinski definition) is 4. The molecule has 11 atom stereocenters. The van der Waals surface area contributed by atoms with Crippen LogP contribution in [0.25, 0.3) is 0 Å². The number of carbonyl (C=O) groups excluding carboxylic acids is 1. The molecule has 172 valence electrons. The fourth-order valence-corrected chi connectivity index (χ4v) is 9.46. The number of aliphatic hydroxyl groups excluding tert-OH is 1. The lowest BCUT2D eigenvalue weighted by molar-refractivity contribution is -0.145. The first-order chi connectivity index (χ1) is 14.7. The van der Waals surface area contributed by atoms with Gasteiger partial charge in [0.15, 0.2) is 0 Å². The molecule has 0 unspecified atom stereocenters. The summed E-state index contributed by atoms with van der Waals surface area (Å²) in [5.41, 5.74) is 3.15. The number of aliphatic hydroxyl groups is 1. The van der Waals surface area contributed by atoms with Gasteiger partial charge in [-0.1, -0.05) is 26.3 Å². The van der Waals surface area contributed by atoms with Crippen molar-refractivity contribution in [3.8, 4) is 0 Å². The summed E-state index contributed by atoms with van der Waals surface area (Å²) in [7, 11) is 0. The largest absolute Gasteiger partial charge is 0.393 e. The first-order valence-corrected chi connectivity index (χ1v) is 13.1. The van der Waals surface area contributed by atoms with Crippen molar-refractivity contribution in [1.29, 1.82) is 0 Å². The molecule has 31 heavy (non-hydrogen) atoms. The van der Waals surface area contributed by atoms with Gasteiger partial charge in [0.1, 0.15) is 5.78 Å². The molecule has 4 nitrogen and oxygen atoms in total. The third-order valence-electron chi connectivity index (χ3n) is 11.2. The van der Waals surface area contributed by atoms with Crippen molar-refractivity contribution < 1.29 is 14.6 Å². The number of ether oxygens (including phenoxy) is 1. The molecule has 0 radical (unpaired) electrons. The van der Waals surface area contributed by atoms with Crippen LogP contribution in [0.4, 0.5) is 0 Å². The zero-order valence-electron chi connectivity index (χ0n) is 19.8. The summed E-state index contributed by atoms with van der Waals surface area (Å²) in [5, 5.41) is 14.1. The Morgan fingerprint density at radius 2 is 1.94 bits per heavy atom. The van der Waals surface area contributed by atoms with Crippen LogP contribution in [0, 0.1) is 40.9 Å². The van der Waals surface area contributed by atoms with Crippen LogP contribution in [0.15, 0.2) is 11.1 Å². The first kappa shape index (κ1) is 20.9. The number of hydrogen-bond donors (Lipinski definition) is 2. The molecule has 2 N–H and O–H groups in total. The van der Waals surface area contributed by atoms with Crippen molar-refractivity contribution >= 4 is 5.78 Å². The Morgan fingerprint density at radius 1 is 1.13 bits per heavy atom. The second-order valence-corrected chi connectivity index (χ2v) is 12.5. The van der Waals surface area contributed by atoms with E-state index in [4.69, 9.17) is 4.74 Å². The third-order valence-corrected chi connectivity index (χ3v) is 11.2. The molecule has 4 heteroatoms. The van der Waals surface area contributed by atoms with Gasteiger partial charge in [0.2, 0.25) is 0 Å². The highest BCUT2D eigenvalue weighted by molar-refractivity contribution is 5.83. The van der Waals surface area contributed by atoms with E-state index in [9.17, 15) is 9.90 Å². The molecule has 0 amide bonds. The minimum Gasteiger partial charge on any atom is -0.393 e. The van der Waals surface area contributed by atoms with Crippen molar-refractivity contribution in [2.24, 2.45) is 40.9 Å². The molecule has 0 aromatic carbocycles. The third kappa shape index (κ3) is 2.74. The average molecular weight is 428 g/mol. The van der Waals surface area contributed by atoms with Crippen LogP contribution in [0.1, 0.15) is 79.1 Å². The molecule has 6 rings (SSSR count). The monoisotopic (exact) mass is 427 g/mol. The van der Waals surface area contributed by atoms with E-state index in [1.807, 2.05) is 0 Å². The molecule has 0 aromatic rings. The van der Waals surface area contributed by atoms with Crippen molar-refractivity contribution in [2.45, 2.75) is 103 Å². The van der Waals surface area contributed by atoms with E-state index in [0.29, 0.717) is 53.9 Å². The molecule has 6 aliphatic rings. The number of fused-ring (bicyclic) bond motifs is 6. The van der Waals surface area contributed by atoms with E-state index in [1.165, 1.54) is 18.4 Å². The summed E-state index contributed by atoms with van der Waals surface area (Å²) in [6.07, 6.45) is 8.02. The standard InChI is InChI=1S/C27H41NO3/c1-14-9-24-25(28-13-14)16(3)27(31-24)8-6-18-19(15(27)2)11-21-20(18)12-23(30)22-10-17(29)5-7-26(21,22)4/h14,16-18,20-22,24-25,28-29H,5-13H2,1-4H3/t14-,16+,17-,18+,20-,21-,22-,24-,25-,26+,27-/m0/s1. The van der Waals surface area contributed by atoms with Crippen LogP contribution < -0.4 is 5.32 Å². The number of Topliss-reactive ketones (excluding diaryl/α,β-unsaturated/α-hetero) is 1. The lowest BCUT2D eigenvalue weighted by Crippen LogP contribution is -2.51. The van der Waals surface area contributed by atoms with Crippen LogP contribution >= 0.6 is 0 Å². The molecule has 0 aromatic heterocycles. The summed E-state index contributed by atoms with van der Waals surface area (Å²) in [6, 6.07) is 0.482. The van der Waals surface area contributed by atoms with Crippen LogP contribution in [0.5, 0.6) is 0 Å². The first-order valence-electron chi connectivity index (χ1n) is 13.1. The number of carbonyl (C=O) groups is 1. The molecular formula is C27H41NO3. The topological polar surface area (TPSA) is 58.6 Å². The summed E-state index contributed by atoms with van der Waals surface area (Å²) < 4.78 is 7.00. The minimum absolute atomic E-state index is 0.0720. The van der Waals surface area contributed by atoms with Gasteiger partial charge in [0, 0.05) is 24.3 Å². The molecule has 2 aliphatic heterocycles. The lowest BCUT2D eigenvalue weighted by atomic mass is 9.51. The minimum atomic E-state index is -0.280. The van der Waals surface area contributed by atoms with E-state index in [0.717, 1.165) is 38.6 Å². The molecule has 3 saturated carbocycles. The van der Waals surface area contributed by atoms with Gasteiger partial charge in [-0.15, -0.1) is 0 Å². The van der Waals surface area contributed by atoms with Gasteiger partial charge in [0.25, 0.3) is 0 Å². The maximum absolute atomic E-state index is 13.2. The van der Waals surface area contributed by atoms with Crippen LogP contribution in [0.2, 0.25) is 0 Å². The van der Waals surface area contributed by atoms with Gasteiger partial charge in [0.05, 0.1) is 17.8 Å². The number of piperidine rings is 1. The Morgan fingerprint density at radius 3 is 2.74 bits per heavy atom. The van der Waals surface area contributed by atoms with Gasteiger partial charge < -0.3 is 15.2 Å². The van der Waals surface area contributed by atoms with E-state index < -0.39 is 0 Å². The number of rotatable bonds is 0. The zero-order chi connectivity index (χ0) is 21.7. The van der Waals surface area contributed by atoms with Crippen molar-refractivity contribution in [3.05, 3.63) is 11.1 Å².